The molecule has 40 heavy (non-hydrogen) atoms. The van der Waals surface area contributed by atoms with Gasteiger partial charge in [0.15, 0.2) is 0 Å². The van der Waals surface area contributed by atoms with Crippen LogP contribution in [0.15, 0.2) is 154 Å². The van der Waals surface area contributed by atoms with Crippen LogP contribution in [-0.4, -0.2) is 0 Å². The van der Waals surface area contributed by atoms with E-state index in [1.807, 2.05) is 0 Å². The Morgan fingerprint density at radius 3 is 0.925 bits per heavy atom. The number of hydrogen-bond acceptors (Lipinski definition) is 0. The van der Waals surface area contributed by atoms with Gasteiger partial charge in [-0.1, -0.05) is 154 Å². The van der Waals surface area contributed by atoms with Crippen LogP contribution in [0.4, 0.5) is 0 Å². The van der Waals surface area contributed by atoms with Gasteiger partial charge in [0.05, 0.1) is 0 Å². The Morgan fingerprint density at radius 2 is 0.625 bits per heavy atom. The average molecular weight is 537 g/mol. The minimum Gasteiger partial charge on any atom is -0.0856 e. The maximum Gasteiger partial charge on any atom is -0.0285 e. The molecule has 0 aliphatic rings. The minimum atomic E-state index is 1.12. The van der Waals surface area contributed by atoms with E-state index in [0.29, 0.717) is 0 Å². The lowest BCUT2D eigenvalue weighted by molar-refractivity contribution is 0.967. The summed E-state index contributed by atoms with van der Waals surface area (Å²) in [5, 5.41) is 0. The van der Waals surface area contributed by atoms with Crippen molar-refractivity contribution < 1.29 is 0 Å². The lowest BCUT2D eigenvalue weighted by Crippen LogP contribution is -1.76. The Labute approximate surface area is 248 Å². The highest BCUT2D eigenvalue weighted by Crippen LogP contribution is 2.09. The van der Waals surface area contributed by atoms with Gasteiger partial charge in [-0.05, 0) is 94.9 Å². The SMILES string of the molecule is CC(C)=CCC/C(C)=C/C=C\C(C)=C/C=C/C(C)=C/C=C/C=C(C)/C=C/C=C(C)\C=C/C=C(\C)CCC=C(C)C. The highest BCUT2D eigenvalue weighted by Gasteiger charge is 1.88. The molecule has 0 aromatic heterocycles. The molecular weight excluding hydrogens is 480 g/mol. The zero-order chi connectivity index (χ0) is 30.2. The Bertz CT molecular complexity index is 1050. The quantitative estimate of drug-likeness (QED) is 0.136. The van der Waals surface area contributed by atoms with E-state index in [0.717, 1.165) is 25.7 Å². The zero-order valence-electron chi connectivity index (χ0n) is 27.2. The highest BCUT2D eigenvalue weighted by atomic mass is 13.9. The minimum absolute atomic E-state index is 1.12. The van der Waals surface area contributed by atoms with Gasteiger partial charge in [-0.2, -0.15) is 0 Å². The lowest BCUT2D eigenvalue weighted by Gasteiger charge is -1.96. The Balaban J connectivity index is 4.70. The molecule has 0 fully saturated rings. The largest absolute Gasteiger partial charge is 0.0856 e. The van der Waals surface area contributed by atoms with Crippen LogP contribution in [0.25, 0.3) is 0 Å². The molecule has 0 aromatic carbocycles. The third kappa shape index (κ3) is 24.9. The van der Waals surface area contributed by atoms with Crippen LogP contribution < -0.4 is 0 Å². The van der Waals surface area contributed by atoms with E-state index >= 15 is 0 Å². The molecule has 0 amide bonds. The maximum atomic E-state index is 2.30. The van der Waals surface area contributed by atoms with Gasteiger partial charge in [-0.3, -0.25) is 0 Å². The number of hydrogen-bond donors (Lipinski definition) is 0. The lowest BCUT2D eigenvalue weighted by atomic mass is 10.1. The fourth-order valence-corrected chi connectivity index (χ4v) is 3.41. The van der Waals surface area contributed by atoms with Crippen LogP contribution in [-0.2, 0) is 0 Å². The monoisotopic (exact) mass is 536 g/mol. The van der Waals surface area contributed by atoms with E-state index in [-0.39, 0.29) is 0 Å². The molecule has 0 heterocycles. The highest BCUT2D eigenvalue weighted by molar-refractivity contribution is 5.32. The zero-order valence-corrected chi connectivity index (χ0v) is 27.2. The van der Waals surface area contributed by atoms with E-state index in [2.05, 4.69) is 179 Å². The van der Waals surface area contributed by atoms with E-state index in [4.69, 9.17) is 0 Å². The van der Waals surface area contributed by atoms with Crippen LogP contribution in [0.1, 0.15) is 94.9 Å². The van der Waals surface area contributed by atoms with Crippen molar-refractivity contribution in [2.75, 3.05) is 0 Å². The van der Waals surface area contributed by atoms with Crippen LogP contribution in [0, 0.1) is 0 Å². The predicted octanol–water partition coefficient (Wildman–Crippen LogP) is 12.9. The number of allylic oxidation sites excluding steroid dienone is 26. The molecule has 0 bridgehead atoms. The van der Waals surface area contributed by atoms with Gasteiger partial charge in [-0.15, -0.1) is 0 Å². The van der Waals surface area contributed by atoms with Gasteiger partial charge >= 0.3 is 0 Å². The molecule has 0 aliphatic carbocycles. The topological polar surface area (TPSA) is 0 Å². The molecule has 0 spiro atoms. The van der Waals surface area contributed by atoms with E-state index in [1.54, 1.807) is 0 Å². The van der Waals surface area contributed by atoms with Crippen molar-refractivity contribution in [3.05, 3.63) is 154 Å². The molecule has 0 radical (unpaired) electrons. The summed E-state index contributed by atoms with van der Waals surface area (Å²) in [6, 6.07) is 0. The van der Waals surface area contributed by atoms with Gasteiger partial charge in [0.2, 0.25) is 0 Å². The van der Waals surface area contributed by atoms with Gasteiger partial charge in [-0.25, -0.2) is 0 Å². The summed E-state index contributed by atoms with van der Waals surface area (Å²) in [7, 11) is 0. The molecule has 0 nitrogen and oxygen atoms in total. The maximum absolute atomic E-state index is 2.30. The van der Waals surface area contributed by atoms with E-state index < -0.39 is 0 Å². The predicted molar refractivity (Wildman–Crippen MR) is 186 cm³/mol. The van der Waals surface area contributed by atoms with Crippen molar-refractivity contribution in [3.63, 3.8) is 0 Å². The van der Waals surface area contributed by atoms with Crippen molar-refractivity contribution in [2.24, 2.45) is 0 Å². The second-order valence-electron chi connectivity index (χ2n) is 11.1. The van der Waals surface area contributed by atoms with Gasteiger partial charge in [0.1, 0.15) is 0 Å². The smallest absolute Gasteiger partial charge is 0.0285 e. The first kappa shape index (κ1) is 36.6. The fraction of sp³-hybridized carbons (Fsp3) is 0.350. The Morgan fingerprint density at radius 1 is 0.350 bits per heavy atom. The molecule has 216 valence electrons. The van der Waals surface area contributed by atoms with Crippen LogP contribution >= 0.6 is 0 Å². The first-order chi connectivity index (χ1) is 19.0. The van der Waals surface area contributed by atoms with Crippen LogP contribution in [0.2, 0.25) is 0 Å². The Kier molecular flexibility index (Phi) is 21.5. The summed E-state index contributed by atoms with van der Waals surface area (Å²) in [4.78, 5) is 0. The average Bonchev–Trinajstić information content (AvgIpc) is 2.86. The standard InChI is InChI=1S/C40H56/c1-33(2)19-13-23-37(7)27-17-31-39(9)29-15-25-35(5)21-11-12-22-36(6)26-16-30-40(10)32-18-28-38(8)24-14-20-34(3)4/h11-12,15-22,25-32H,13-14,23-24H2,1-10H3/b12-11+,25-15+,26-16+,31-17-,32-18-,35-21+,36-22+,37-27+,38-28+,39-29-,40-30-. The fourth-order valence-electron chi connectivity index (χ4n) is 3.41. The van der Waals surface area contributed by atoms with Crippen molar-refractivity contribution in [1.29, 1.82) is 0 Å². The summed E-state index contributed by atoms with van der Waals surface area (Å²) >= 11 is 0. The molecule has 0 rings (SSSR count). The van der Waals surface area contributed by atoms with Gasteiger partial charge in [0.25, 0.3) is 0 Å². The summed E-state index contributed by atoms with van der Waals surface area (Å²) in [6.07, 6.45) is 43.3. The normalized spacial score (nSPS) is 15.1. The molecule has 0 aromatic rings. The molecule has 0 unspecified atom stereocenters. The summed E-state index contributed by atoms with van der Waals surface area (Å²) in [5.41, 5.74) is 10.5. The van der Waals surface area contributed by atoms with Crippen LogP contribution in [0.5, 0.6) is 0 Å². The third-order valence-corrected chi connectivity index (χ3v) is 5.93. The van der Waals surface area contributed by atoms with Crippen molar-refractivity contribution >= 4 is 0 Å². The molecule has 0 aliphatic heterocycles. The van der Waals surface area contributed by atoms with Crippen LogP contribution in [0.3, 0.4) is 0 Å². The first-order valence-electron chi connectivity index (χ1n) is 14.7. The summed E-state index contributed by atoms with van der Waals surface area (Å²) < 4.78 is 0. The van der Waals surface area contributed by atoms with Crippen molar-refractivity contribution in [1.82, 2.24) is 0 Å². The second kappa shape index (κ2) is 23.5. The number of rotatable bonds is 16. The molecule has 0 heteroatoms. The molecule has 0 atom stereocenters. The van der Waals surface area contributed by atoms with E-state index in [1.165, 1.54) is 44.6 Å². The van der Waals surface area contributed by atoms with Crippen molar-refractivity contribution in [3.8, 4) is 0 Å². The summed E-state index contributed by atoms with van der Waals surface area (Å²) in [5.74, 6) is 0. The second-order valence-corrected chi connectivity index (χ2v) is 11.1. The van der Waals surface area contributed by atoms with Gasteiger partial charge < -0.3 is 0 Å². The van der Waals surface area contributed by atoms with E-state index in [9.17, 15) is 0 Å². The Hall–Kier alpha value is -3.38. The molecule has 0 N–H and O–H groups in total. The third-order valence-electron chi connectivity index (χ3n) is 5.93. The van der Waals surface area contributed by atoms with Crippen molar-refractivity contribution in [2.45, 2.75) is 94.9 Å². The van der Waals surface area contributed by atoms with Gasteiger partial charge in [0, 0.05) is 0 Å². The molecular formula is C40H56. The molecule has 0 saturated carbocycles. The molecule has 0 saturated heterocycles. The summed E-state index contributed by atoms with van der Waals surface area (Å²) in [6.45, 7) is 21.5. The first-order valence-corrected chi connectivity index (χ1v) is 14.7.